The van der Waals surface area contributed by atoms with Gasteiger partial charge >= 0.3 is 0 Å². The van der Waals surface area contributed by atoms with Crippen molar-refractivity contribution in [2.45, 2.75) is 20.0 Å². The number of nitrogens with zero attached hydrogens (tertiary/aromatic N) is 5. The summed E-state index contributed by atoms with van der Waals surface area (Å²) in [5, 5.41) is 0. The minimum absolute atomic E-state index is 0.631. The van der Waals surface area contributed by atoms with E-state index in [1.165, 1.54) is 0 Å². The van der Waals surface area contributed by atoms with Crippen molar-refractivity contribution in [2.24, 2.45) is 5.84 Å². The fourth-order valence-corrected chi connectivity index (χ4v) is 2.16. The van der Waals surface area contributed by atoms with Crippen molar-refractivity contribution in [1.82, 2.24) is 19.5 Å². The highest BCUT2D eigenvalue weighted by Gasteiger charge is 2.18. The molecule has 18 heavy (non-hydrogen) atoms. The van der Waals surface area contributed by atoms with Gasteiger partial charge in [-0.1, -0.05) is 0 Å². The van der Waals surface area contributed by atoms with E-state index in [1.807, 2.05) is 25.4 Å². The van der Waals surface area contributed by atoms with Gasteiger partial charge in [-0.25, -0.2) is 20.8 Å². The maximum absolute atomic E-state index is 5.40. The van der Waals surface area contributed by atoms with E-state index in [-0.39, 0.29) is 0 Å². The minimum atomic E-state index is 0.631. The molecule has 1 aliphatic heterocycles. The van der Waals surface area contributed by atoms with Crippen LogP contribution >= 0.6 is 0 Å². The van der Waals surface area contributed by atoms with Gasteiger partial charge in [-0.05, 0) is 6.92 Å². The number of hydrogen-bond acceptors (Lipinski definition) is 6. The Labute approximate surface area is 105 Å². The average molecular weight is 245 g/mol. The molecule has 3 heterocycles. The summed E-state index contributed by atoms with van der Waals surface area (Å²) in [5.74, 6) is 8.67. The number of aromatic nitrogens is 4. The standard InChI is InChI=1S/C11H15N7/c1-8-14-9(16-12)6-10(15-8)18-5-4-17-3-2-13-11(17)7-18/h2-3,6H,4-5,7,12H2,1H3,(H,14,15,16). The number of hydrogen-bond donors (Lipinski definition) is 2. The first-order chi connectivity index (χ1) is 8.76. The highest BCUT2D eigenvalue weighted by atomic mass is 15.3. The van der Waals surface area contributed by atoms with E-state index >= 15 is 0 Å². The summed E-state index contributed by atoms with van der Waals surface area (Å²) in [4.78, 5) is 15.1. The van der Waals surface area contributed by atoms with Gasteiger partial charge in [0, 0.05) is 31.5 Å². The molecule has 0 amide bonds. The molecule has 2 aromatic heterocycles. The third-order valence-electron chi connectivity index (χ3n) is 3.04. The molecule has 1 aliphatic rings. The molecule has 94 valence electrons. The Bertz CT molecular complexity index is 562. The fraction of sp³-hybridized carbons (Fsp3) is 0.364. The van der Waals surface area contributed by atoms with Crippen LogP contribution in [-0.2, 0) is 13.1 Å². The van der Waals surface area contributed by atoms with Gasteiger partial charge < -0.3 is 14.9 Å². The van der Waals surface area contributed by atoms with E-state index in [1.54, 1.807) is 0 Å². The van der Waals surface area contributed by atoms with Crippen LogP contribution in [0.25, 0.3) is 0 Å². The lowest BCUT2D eigenvalue weighted by Crippen LogP contribution is -2.34. The van der Waals surface area contributed by atoms with E-state index in [9.17, 15) is 0 Å². The molecule has 0 bridgehead atoms. The van der Waals surface area contributed by atoms with Crippen LogP contribution in [0.1, 0.15) is 11.6 Å². The molecular formula is C11H15N7. The molecule has 3 N–H and O–H groups in total. The zero-order chi connectivity index (χ0) is 12.5. The second kappa shape index (κ2) is 4.26. The summed E-state index contributed by atoms with van der Waals surface area (Å²) in [6.07, 6.45) is 3.84. The van der Waals surface area contributed by atoms with Crippen LogP contribution in [0.2, 0.25) is 0 Å². The molecule has 0 unspecified atom stereocenters. The third-order valence-corrected chi connectivity index (χ3v) is 3.04. The molecule has 2 aromatic rings. The van der Waals surface area contributed by atoms with Gasteiger partial charge in [-0.15, -0.1) is 0 Å². The number of nitrogens with one attached hydrogen (secondary N) is 1. The lowest BCUT2D eigenvalue weighted by atomic mass is 10.3. The number of rotatable bonds is 2. The second-order valence-electron chi connectivity index (χ2n) is 4.26. The smallest absolute Gasteiger partial charge is 0.145 e. The van der Waals surface area contributed by atoms with Crippen molar-refractivity contribution in [3.8, 4) is 0 Å². The zero-order valence-corrected chi connectivity index (χ0v) is 10.2. The molecule has 0 aliphatic carbocycles. The van der Waals surface area contributed by atoms with Crippen LogP contribution < -0.4 is 16.2 Å². The molecule has 3 rings (SSSR count). The van der Waals surface area contributed by atoms with Gasteiger partial charge in [0.2, 0.25) is 0 Å². The maximum atomic E-state index is 5.40. The van der Waals surface area contributed by atoms with Gasteiger partial charge in [0.1, 0.15) is 23.3 Å². The summed E-state index contributed by atoms with van der Waals surface area (Å²) in [7, 11) is 0. The Morgan fingerprint density at radius 2 is 2.22 bits per heavy atom. The van der Waals surface area contributed by atoms with Gasteiger partial charge in [0.05, 0.1) is 6.54 Å². The van der Waals surface area contributed by atoms with E-state index < -0.39 is 0 Å². The summed E-state index contributed by atoms with van der Waals surface area (Å²) in [6, 6.07) is 1.85. The molecule has 0 atom stereocenters. The van der Waals surface area contributed by atoms with Crippen LogP contribution in [0, 0.1) is 6.92 Å². The molecule has 0 aromatic carbocycles. The van der Waals surface area contributed by atoms with Crippen molar-refractivity contribution in [2.75, 3.05) is 16.9 Å². The normalized spacial score (nSPS) is 14.4. The van der Waals surface area contributed by atoms with Gasteiger partial charge in [0.25, 0.3) is 0 Å². The molecule has 0 saturated carbocycles. The average Bonchev–Trinajstić information content (AvgIpc) is 2.85. The van der Waals surface area contributed by atoms with Crippen LogP contribution in [0.15, 0.2) is 18.5 Å². The summed E-state index contributed by atoms with van der Waals surface area (Å²) in [5.41, 5.74) is 2.56. The lowest BCUT2D eigenvalue weighted by Gasteiger charge is -2.28. The Morgan fingerprint density at radius 1 is 1.33 bits per heavy atom. The van der Waals surface area contributed by atoms with E-state index in [0.717, 1.165) is 31.3 Å². The topological polar surface area (TPSA) is 84.9 Å². The van der Waals surface area contributed by atoms with Crippen molar-refractivity contribution >= 4 is 11.6 Å². The Hall–Kier alpha value is -2.15. The van der Waals surface area contributed by atoms with E-state index in [0.29, 0.717) is 11.6 Å². The highest BCUT2D eigenvalue weighted by molar-refractivity contribution is 5.49. The molecule has 7 heteroatoms. The largest absolute Gasteiger partial charge is 0.347 e. The van der Waals surface area contributed by atoms with Crippen LogP contribution in [-0.4, -0.2) is 26.1 Å². The van der Waals surface area contributed by atoms with Gasteiger partial charge in [0.15, 0.2) is 0 Å². The van der Waals surface area contributed by atoms with Crippen molar-refractivity contribution < 1.29 is 0 Å². The minimum Gasteiger partial charge on any atom is -0.347 e. The lowest BCUT2D eigenvalue weighted by molar-refractivity contribution is 0.555. The number of imidazole rings is 1. The van der Waals surface area contributed by atoms with Crippen molar-refractivity contribution in [1.29, 1.82) is 0 Å². The Kier molecular flexibility index (Phi) is 2.60. The molecule has 7 nitrogen and oxygen atoms in total. The number of nitrogens with two attached hydrogens (primary N) is 1. The first-order valence-electron chi connectivity index (χ1n) is 5.83. The third kappa shape index (κ3) is 1.88. The van der Waals surface area contributed by atoms with E-state index in [2.05, 4.69) is 29.8 Å². The molecule has 0 spiro atoms. The summed E-state index contributed by atoms with van der Waals surface area (Å²) in [6.45, 7) is 4.44. The fourth-order valence-electron chi connectivity index (χ4n) is 2.16. The molecule has 0 radical (unpaired) electrons. The van der Waals surface area contributed by atoms with Crippen molar-refractivity contribution in [3.63, 3.8) is 0 Å². The predicted molar refractivity (Wildman–Crippen MR) is 67.9 cm³/mol. The van der Waals surface area contributed by atoms with Gasteiger partial charge in [-0.3, -0.25) is 0 Å². The van der Waals surface area contributed by atoms with E-state index in [4.69, 9.17) is 5.84 Å². The molecule has 0 fully saturated rings. The molecule has 0 saturated heterocycles. The number of fused-ring (bicyclic) bond motifs is 1. The maximum Gasteiger partial charge on any atom is 0.145 e. The number of hydrazine groups is 1. The van der Waals surface area contributed by atoms with Crippen molar-refractivity contribution in [3.05, 3.63) is 30.1 Å². The monoisotopic (exact) mass is 245 g/mol. The van der Waals surface area contributed by atoms with Crippen LogP contribution in [0.3, 0.4) is 0 Å². The van der Waals surface area contributed by atoms with Gasteiger partial charge in [-0.2, -0.15) is 0 Å². The quantitative estimate of drug-likeness (QED) is 0.584. The van der Waals surface area contributed by atoms with Crippen LogP contribution in [0.5, 0.6) is 0 Å². The second-order valence-corrected chi connectivity index (χ2v) is 4.26. The Morgan fingerprint density at radius 3 is 3.06 bits per heavy atom. The highest BCUT2D eigenvalue weighted by Crippen LogP contribution is 2.20. The summed E-state index contributed by atoms with van der Waals surface area (Å²) >= 11 is 0. The Balaban J connectivity index is 1.90. The van der Waals surface area contributed by atoms with Crippen LogP contribution in [0.4, 0.5) is 11.6 Å². The first-order valence-corrected chi connectivity index (χ1v) is 5.83. The number of anilines is 2. The SMILES string of the molecule is Cc1nc(NN)cc(N2CCn3ccnc3C2)n1. The first kappa shape index (κ1) is 11.0. The zero-order valence-electron chi connectivity index (χ0n) is 10.2. The number of aryl methyl sites for hydroxylation is 1. The number of nitrogen functional groups attached to an aromatic ring is 1. The predicted octanol–water partition coefficient (Wildman–Crippen LogP) is 0.287. The molecular weight excluding hydrogens is 230 g/mol. The summed E-state index contributed by atoms with van der Waals surface area (Å²) < 4.78 is 2.16.